The normalized spacial score (nSPS) is 19.2. The highest BCUT2D eigenvalue weighted by atomic mass is 32.2. The molecule has 0 bridgehead atoms. The summed E-state index contributed by atoms with van der Waals surface area (Å²) in [4.78, 5) is 21.7. The van der Waals surface area contributed by atoms with Crippen molar-refractivity contribution in [3.8, 4) is 0 Å². The second-order valence-electron chi connectivity index (χ2n) is 3.93. The van der Waals surface area contributed by atoms with Crippen molar-refractivity contribution in [2.24, 2.45) is 0 Å². The van der Waals surface area contributed by atoms with Gasteiger partial charge in [-0.05, 0) is 5.56 Å². The van der Waals surface area contributed by atoms with Crippen molar-refractivity contribution in [3.63, 3.8) is 0 Å². The molecule has 5 heteroatoms. The van der Waals surface area contributed by atoms with Crippen LogP contribution in [0, 0.1) is 0 Å². The van der Waals surface area contributed by atoms with Crippen LogP contribution < -0.4 is 4.90 Å². The molecule has 0 spiro atoms. The van der Waals surface area contributed by atoms with Gasteiger partial charge >= 0.3 is 0 Å². The van der Waals surface area contributed by atoms with Crippen molar-refractivity contribution < 1.29 is 4.79 Å². The zero-order valence-electron chi connectivity index (χ0n) is 9.56. The lowest BCUT2D eigenvalue weighted by molar-refractivity contribution is -0.115. The van der Waals surface area contributed by atoms with Crippen LogP contribution in [0.5, 0.6) is 0 Å². The van der Waals surface area contributed by atoms with Crippen LogP contribution in [-0.4, -0.2) is 21.6 Å². The van der Waals surface area contributed by atoms with E-state index in [-0.39, 0.29) is 11.3 Å². The zero-order valence-corrected chi connectivity index (χ0v) is 10.4. The van der Waals surface area contributed by atoms with Crippen molar-refractivity contribution in [1.82, 2.24) is 9.97 Å². The largest absolute Gasteiger partial charge is 0.292 e. The summed E-state index contributed by atoms with van der Waals surface area (Å²) in [6.07, 6.45) is 4.81. The summed E-state index contributed by atoms with van der Waals surface area (Å²) in [5, 5.41) is 0.0182. The number of anilines is 1. The van der Waals surface area contributed by atoms with Gasteiger partial charge in [0.05, 0.1) is 23.8 Å². The first-order valence-corrected chi connectivity index (χ1v) is 6.65. The number of nitrogens with zero attached hydrogens (tertiary/aromatic N) is 3. The van der Waals surface area contributed by atoms with Crippen LogP contribution in [0.1, 0.15) is 10.9 Å². The molecule has 0 N–H and O–H groups in total. The van der Waals surface area contributed by atoms with Crippen LogP contribution in [0.2, 0.25) is 0 Å². The van der Waals surface area contributed by atoms with Crippen LogP contribution in [0.4, 0.5) is 5.69 Å². The Morgan fingerprint density at radius 2 is 1.89 bits per heavy atom. The fraction of sp³-hybridized carbons (Fsp3) is 0.154. The molecule has 4 nitrogen and oxygen atoms in total. The van der Waals surface area contributed by atoms with Gasteiger partial charge in [0.15, 0.2) is 0 Å². The predicted octanol–water partition coefficient (Wildman–Crippen LogP) is 2.26. The van der Waals surface area contributed by atoms with Gasteiger partial charge in [0.1, 0.15) is 11.7 Å². The molecule has 2 heterocycles. The molecule has 0 saturated carbocycles. The Kier molecular flexibility index (Phi) is 2.98. The lowest BCUT2D eigenvalue weighted by atomic mass is 10.2. The standard InChI is InChI=1S/C13H11N3OS/c17-12-8-18-13(10-4-2-1-3-5-10)16(12)11-6-14-9-15-7-11/h1-7,9,13H,8H2/t13-/m1/s1. The molecule has 90 valence electrons. The van der Waals surface area contributed by atoms with Gasteiger partial charge in [0.2, 0.25) is 5.91 Å². The quantitative estimate of drug-likeness (QED) is 0.828. The van der Waals surface area contributed by atoms with Crippen molar-refractivity contribution in [1.29, 1.82) is 0 Å². The van der Waals surface area contributed by atoms with E-state index in [1.807, 2.05) is 30.3 Å². The van der Waals surface area contributed by atoms with E-state index in [4.69, 9.17) is 0 Å². The van der Waals surface area contributed by atoms with E-state index < -0.39 is 0 Å². The van der Waals surface area contributed by atoms with Gasteiger partial charge in [-0.3, -0.25) is 9.69 Å². The van der Waals surface area contributed by atoms with E-state index in [0.29, 0.717) is 5.75 Å². The molecule has 1 aliphatic rings. The molecule has 2 aromatic rings. The van der Waals surface area contributed by atoms with Gasteiger partial charge in [0.25, 0.3) is 0 Å². The van der Waals surface area contributed by atoms with E-state index in [9.17, 15) is 4.79 Å². The molecule has 1 aliphatic heterocycles. The third-order valence-electron chi connectivity index (χ3n) is 2.78. The highest BCUT2D eigenvalue weighted by Gasteiger charge is 2.34. The number of aromatic nitrogens is 2. The summed E-state index contributed by atoms with van der Waals surface area (Å²) < 4.78 is 0. The molecular weight excluding hydrogens is 246 g/mol. The number of hydrogen-bond acceptors (Lipinski definition) is 4. The summed E-state index contributed by atoms with van der Waals surface area (Å²) in [7, 11) is 0. The lowest BCUT2D eigenvalue weighted by Crippen LogP contribution is -2.27. The van der Waals surface area contributed by atoms with E-state index in [1.165, 1.54) is 6.33 Å². The number of carbonyl (C=O) groups excluding carboxylic acids is 1. The topological polar surface area (TPSA) is 46.1 Å². The Morgan fingerprint density at radius 3 is 2.61 bits per heavy atom. The summed E-state index contributed by atoms with van der Waals surface area (Å²) in [5.74, 6) is 0.595. The molecule has 1 saturated heterocycles. The first-order chi connectivity index (χ1) is 8.86. The second kappa shape index (κ2) is 4.78. The maximum absolute atomic E-state index is 12.0. The van der Waals surface area contributed by atoms with Gasteiger partial charge in [0, 0.05) is 0 Å². The summed E-state index contributed by atoms with van der Waals surface area (Å²) in [6, 6.07) is 10.0. The molecule has 0 radical (unpaired) electrons. The zero-order chi connectivity index (χ0) is 12.4. The number of carbonyl (C=O) groups is 1. The Morgan fingerprint density at radius 1 is 1.17 bits per heavy atom. The molecule has 1 atom stereocenters. The molecule has 1 fully saturated rings. The van der Waals surface area contributed by atoms with Crippen molar-refractivity contribution >= 4 is 23.4 Å². The van der Waals surface area contributed by atoms with E-state index >= 15 is 0 Å². The van der Waals surface area contributed by atoms with E-state index in [1.54, 1.807) is 29.1 Å². The SMILES string of the molecule is O=C1CS[C@H](c2ccccc2)N1c1cncnc1. The maximum atomic E-state index is 12.0. The van der Waals surface area contributed by atoms with Crippen LogP contribution in [0.3, 0.4) is 0 Å². The summed E-state index contributed by atoms with van der Waals surface area (Å²) in [5.41, 5.74) is 1.87. The van der Waals surface area contributed by atoms with Crippen molar-refractivity contribution in [3.05, 3.63) is 54.6 Å². The molecule has 1 aromatic carbocycles. The van der Waals surface area contributed by atoms with Crippen molar-refractivity contribution in [2.75, 3.05) is 10.7 Å². The third-order valence-corrected chi connectivity index (χ3v) is 3.99. The molecular formula is C13H11N3OS. The number of hydrogen-bond donors (Lipinski definition) is 0. The second-order valence-corrected chi connectivity index (χ2v) is 5.00. The molecule has 1 amide bonds. The maximum Gasteiger partial charge on any atom is 0.238 e. The highest BCUT2D eigenvalue weighted by molar-refractivity contribution is 8.00. The van der Waals surface area contributed by atoms with Gasteiger partial charge in [-0.2, -0.15) is 0 Å². The van der Waals surface area contributed by atoms with Gasteiger partial charge in [-0.25, -0.2) is 9.97 Å². The van der Waals surface area contributed by atoms with Gasteiger partial charge in [-0.15, -0.1) is 11.8 Å². The summed E-state index contributed by atoms with van der Waals surface area (Å²) in [6.45, 7) is 0. The third kappa shape index (κ3) is 1.97. The first-order valence-electron chi connectivity index (χ1n) is 5.60. The molecule has 18 heavy (non-hydrogen) atoms. The van der Waals surface area contributed by atoms with Gasteiger partial charge < -0.3 is 0 Å². The van der Waals surface area contributed by atoms with Crippen LogP contribution in [0.15, 0.2) is 49.1 Å². The molecule has 0 unspecified atom stereocenters. The van der Waals surface area contributed by atoms with Crippen LogP contribution in [-0.2, 0) is 4.79 Å². The number of thioether (sulfide) groups is 1. The lowest BCUT2D eigenvalue weighted by Gasteiger charge is -2.23. The molecule has 1 aromatic heterocycles. The fourth-order valence-electron chi connectivity index (χ4n) is 1.98. The van der Waals surface area contributed by atoms with E-state index in [0.717, 1.165) is 11.3 Å². The average molecular weight is 257 g/mol. The molecule has 3 rings (SSSR count). The average Bonchev–Trinajstić information content (AvgIpc) is 2.83. The summed E-state index contributed by atoms with van der Waals surface area (Å²) >= 11 is 1.63. The van der Waals surface area contributed by atoms with Crippen molar-refractivity contribution in [2.45, 2.75) is 5.37 Å². The predicted molar refractivity (Wildman–Crippen MR) is 71.2 cm³/mol. The minimum absolute atomic E-state index is 0.0182. The Bertz CT molecular complexity index is 547. The number of amides is 1. The monoisotopic (exact) mass is 257 g/mol. The van der Waals surface area contributed by atoms with Crippen LogP contribution >= 0.6 is 11.8 Å². The smallest absolute Gasteiger partial charge is 0.238 e. The minimum atomic E-state index is 0.0182. The van der Waals surface area contributed by atoms with Gasteiger partial charge in [-0.1, -0.05) is 30.3 Å². The Hall–Kier alpha value is -1.88. The number of benzene rings is 1. The minimum Gasteiger partial charge on any atom is -0.292 e. The Balaban J connectivity index is 1.98. The highest BCUT2D eigenvalue weighted by Crippen LogP contribution is 2.40. The first kappa shape index (κ1) is 11.2. The Labute approximate surface area is 109 Å². The molecule has 0 aliphatic carbocycles. The van der Waals surface area contributed by atoms with E-state index in [2.05, 4.69) is 9.97 Å². The van der Waals surface area contributed by atoms with Crippen LogP contribution in [0.25, 0.3) is 0 Å². The fourth-order valence-corrected chi connectivity index (χ4v) is 3.16. The number of rotatable bonds is 2.